The Kier molecular flexibility index (Phi) is 5.63. The van der Waals surface area contributed by atoms with Crippen LogP contribution in [-0.2, 0) is 11.2 Å². The third-order valence-electron chi connectivity index (χ3n) is 3.22. The van der Waals surface area contributed by atoms with Gasteiger partial charge < -0.3 is 10.6 Å². The second-order valence-electron chi connectivity index (χ2n) is 4.96. The number of nitrogens with zero attached hydrogens (tertiary/aromatic N) is 1. The summed E-state index contributed by atoms with van der Waals surface area (Å²) in [6.07, 6.45) is 3.13. The van der Waals surface area contributed by atoms with Gasteiger partial charge in [0.2, 0.25) is 5.91 Å². The molecular formula is C14H21ClN2O. The Balaban J connectivity index is 0.00000162. The molecule has 0 spiro atoms. The van der Waals surface area contributed by atoms with E-state index in [0.29, 0.717) is 12.3 Å². The first kappa shape index (κ1) is 15.0. The van der Waals surface area contributed by atoms with Crippen LogP contribution in [0.4, 0.5) is 0 Å². The smallest absolute Gasteiger partial charge is 0.239 e. The van der Waals surface area contributed by atoms with E-state index in [1.807, 2.05) is 37.4 Å². The van der Waals surface area contributed by atoms with Crippen LogP contribution in [0.25, 0.3) is 0 Å². The molecule has 100 valence electrons. The van der Waals surface area contributed by atoms with Gasteiger partial charge in [-0.15, -0.1) is 12.4 Å². The first-order chi connectivity index (χ1) is 8.16. The predicted molar refractivity (Wildman–Crippen MR) is 75.7 cm³/mol. The summed E-state index contributed by atoms with van der Waals surface area (Å²) in [5.74, 6) is 0.772. The summed E-state index contributed by atoms with van der Waals surface area (Å²) in [7, 11) is 1.85. The van der Waals surface area contributed by atoms with E-state index in [1.165, 1.54) is 12.8 Å². The maximum atomic E-state index is 12.0. The van der Waals surface area contributed by atoms with Gasteiger partial charge in [-0.2, -0.15) is 0 Å². The van der Waals surface area contributed by atoms with Crippen molar-refractivity contribution in [2.75, 3.05) is 13.6 Å². The second-order valence-corrected chi connectivity index (χ2v) is 4.96. The number of rotatable bonds is 5. The zero-order valence-electron chi connectivity index (χ0n) is 10.7. The molecule has 0 saturated heterocycles. The third kappa shape index (κ3) is 4.31. The van der Waals surface area contributed by atoms with Gasteiger partial charge in [-0.05, 0) is 30.7 Å². The van der Waals surface area contributed by atoms with Gasteiger partial charge >= 0.3 is 0 Å². The van der Waals surface area contributed by atoms with Gasteiger partial charge in [0.1, 0.15) is 0 Å². The summed E-state index contributed by atoms with van der Waals surface area (Å²) in [6, 6.07) is 9.51. The highest BCUT2D eigenvalue weighted by Gasteiger charge is 2.26. The van der Waals surface area contributed by atoms with E-state index in [4.69, 9.17) is 5.73 Å². The lowest BCUT2D eigenvalue weighted by Crippen LogP contribution is -2.43. The molecule has 1 aromatic rings. The fourth-order valence-electron chi connectivity index (χ4n) is 2.02. The van der Waals surface area contributed by atoms with Crippen molar-refractivity contribution in [3.05, 3.63) is 35.9 Å². The largest absolute Gasteiger partial charge is 0.344 e. The number of likely N-dealkylation sites (N-methyl/N-ethyl adjacent to an activating group) is 1. The molecule has 1 saturated carbocycles. The summed E-state index contributed by atoms with van der Waals surface area (Å²) in [6.45, 7) is 0.862. The fourth-order valence-corrected chi connectivity index (χ4v) is 2.02. The molecule has 2 N–H and O–H groups in total. The lowest BCUT2D eigenvalue weighted by atomic mass is 10.1. The summed E-state index contributed by atoms with van der Waals surface area (Å²) < 4.78 is 0. The van der Waals surface area contributed by atoms with E-state index in [2.05, 4.69) is 0 Å². The summed E-state index contributed by atoms with van der Waals surface area (Å²) >= 11 is 0. The van der Waals surface area contributed by atoms with Gasteiger partial charge in [-0.3, -0.25) is 4.79 Å². The molecule has 0 aromatic heterocycles. The summed E-state index contributed by atoms with van der Waals surface area (Å²) in [5.41, 5.74) is 7.07. The van der Waals surface area contributed by atoms with Crippen LogP contribution in [0.2, 0.25) is 0 Å². The van der Waals surface area contributed by atoms with Gasteiger partial charge in [0.15, 0.2) is 0 Å². The molecule has 1 unspecified atom stereocenters. The van der Waals surface area contributed by atoms with Crippen LogP contribution < -0.4 is 5.73 Å². The molecule has 2 rings (SSSR count). The number of nitrogens with two attached hydrogens (primary N) is 1. The highest BCUT2D eigenvalue weighted by Crippen LogP contribution is 2.29. The van der Waals surface area contributed by atoms with Crippen molar-refractivity contribution < 1.29 is 4.79 Å². The van der Waals surface area contributed by atoms with Crippen molar-refractivity contribution >= 4 is 18.3 Å². The van der Waals surface area contributed by atoms with Gasteiger partial charge in [-0.25, -0.2) is 0 Å². The Bertz CT molecular complexity index is 379. The number of halogens is 1. The SMILES string of the molecule is CN(CC1CC1)C(=O)C(N)Cc1ccccc1.Cl. The highest BCUT2D eigenvalue weighted by molar-refractivity contribution is 5.85. The van der Waals surface area contributed by atoms with Crippen molar-refractivity contribution in [2.24, 2.45) is 11.7 Å². The van der Waals surface area contributed by atoms with Crippen LogP contribution in [0.1, 0.15) is 18.4 Å². The molecule has 3 nitrogen and oxygen atoms in total. The lowest BCUT2D eigenvalue weighted by molar-refractivity contribution is -0.131. The molecular weight excluding hydrogens is 248 g/mol. The van der Waals surface area contributed by atoms with E-state index in [1.54, 1.807) is 4.90 Å². The van der Waals surface area contributed by atoms with Crippen LogP contribution in [0, 0.1) is 5.92 Å². The fraction of sp³-hybridized carbons (Fsp3) is 0.500. The standard InChI is InChI=1S/C14H20N2O.ClH/c1-16(10-12-7-8-12)14(17)13(15)9-11-5-3-2-4-6-11;/h2-6,12-13H,7-10,15H2,1H3;1H. The minimum atomic E-state index is -0.416. The van der Waals surface area contributed by atoms with Crippen molar-refractivity contribution in [2.45, 2.75) is 25.3 Å². The summed E-state index contributed by atoms with van der Waals surface area (Å²) in [4.78, 5) is 13.8. The third-order valence-corrected chi connectivity index (χ3v) is 3.22. The van der Waals surface area contributed by atoms with Gasteiger partial charge in [0, 0.05) is 13.6 Å². The van der Waals surface area contributed by atoms with Crippen molar-refractivity contribution in [1.82, 2.24) is 4.90 Å². The Hall–Kier alpha value is -1.06. The number of amides is 1. The van der Waals surface area contributed by atoms with Crippen molar-refractivity contribution in [3.63, 3.8) is 0 Å². The second kappa shape index (κ2) is 6.76. The van der Waals surface area contributed by atoms with E-state index in [9.17, 15) is 4.79 Å². The van der Waals surface area contributed by atoms with Gasteiger partial charge in [0.05, 0.1) is 6.04 Å². The first-order valence-corrected chi connectivity index (χ1v) is 6.21. The van der Waals surface area contributed by atoms with Gasteiger partial charge in [0.25, 0.3) is 0 Å². The van der Waals surface area contributed by atoms with E-state index < -0.39 is 6.04 Å². The molecule has 1 aliphatic rings. The molecule has 1 fully saturated rings. The maximum absolute atomic E-state index is 12.0. The Morgan fingerprint density at radius 3 is 2.56 bits per heavy atom. The molecule has 0 heterocycles. The normalized spacial score (nSPS) is 15.7. The van der Waals surface area contributed by atoms with Crippen LogP contribution in [0.15, 0.2) is 30.3 Å². The average molecular weight is 269 g/mol. The maximum Gasteiger partial charge on any atom is 0.239 e. The monoisotopic (exact) mass is 268 g/mol. The predicted octanol–water partition coefficient (Wildman–Crippen LogP) is 1.85. The number of hydrogen-bond acceptors (Lipinski definition) is 2. The quantitative estimate of drug-likeness (QED) is 0.886. The topological polar surface area (TPSA) is 46.3 Å². The molecule has 0 radical (unpaired) electrons. The van der Waals surface area contributed by atoms with Gasteiger partial charge in [-0.1, -0.05) is 30.3 Å². The van der Waals surface area contributed by atoms with Crippen LogP contribution in [0.5, 0.6) is 0 Å². The van der Waals surface area contributed by atoms with Crippen LogP contribution >= 0.6 is 12.4 Å². The Labute approximate surface area is 115 Å². The molecule has 18 heavy (non-hydrogen) atoms. The number of carbonyl (C=O) groups excluding carboxylic acids is 1. The molecule has 1 atom stereocenters. The van der Waals surface area contributed by atoms with Crippen LogP contribution in [-0.4, -0.2) is 30.4 Å². The average Bonchev–Trinajstić information content (AvgIpc) is 3.13. The zero-order valence-corrected chi connectivity index (χ0v) is 11.5. The van der Waals surface area contributed by atoms with Crippen LogP contribution in [0.3, 0.4) is 0 Å². The van der Waals surface area contributed by atoms with E-state index >= 15 is 0 Å². The molecule has 1 aliphatic carbocycles. The first-order valence-electron chi connectivity index (χ1n) is 6.21. The number of hydrogen-bond donors (Lipinski definition) is 1. The molecule has 1 amide bonds. The minimum Gasteiger partial charge on any atom is -0.344 e. The number of carbonyl (C=O) groups is 1. The van der Waals surface area contributed by atoms with Crippen molar-refractivity contribution in [1.29, 1.82) is 0 Å². The Morgan fingerprint density at radius 2 is 2.00 bits per heavy atom. The minimum absolute atomic E-state index is 0. The zero-order chi connectivity index (χ0) is 12.3. The number of benzene rings is 1. The van der Waals surface area contributed by atoms with E-state index in [-0.39, 0.29) is 18.3 Å². The molecule has 0 aliphatic heterocycles. The highest BCUT2D eigenvalue weighted by atomic mass is 35.5. The molecule has 0 bridgehead atoms. The summed E-state index contributed by atoms with van der Waals surface area (Å²) in [5, 5.41) is 0. The lowest BCUT2D eigenvalue weighted by Gasteiger charge is -2.21. The van der Waals surface area contributed by atoms with Crippen molar-refractivity contribution in [3.8, 4) is 0 Å². The molecule has 4 heteroatoms. The molecule has 1 aromatic carbocycles. The van der Waals surface area contributed by atoms with E-state index in [0.717, 1.165) is 12.1 Å². The Morgan fingerprint density at radius 1 is 1.39 bits per heavy atom.